The molecule has 2 nitrogen and oxygen atoms in total. The molecule has 2 rings (SSSR count). The van der Waals surface area contributed by atoms with Gasteiger partial charge in [0.05, 0.1) is 0 Å². The van der Waals surface area contributed by atoms with Crippen molar-refractivity contribution in [2.45, 2.75) is 37.8 Å². The highest BCUT2D eigenvalue weighted by atomic mass is 33.1. The maximum atomic E-state index is 2.52. The van der Waals surface area contributed by atoms with E-state index >= 15 is 0 Å². The number of rotatable bonds is 5. The molecule has 0 radical (unpaired) electrons. The topological polar surface area (TPSA) is 6.48 Å². The van der Waals surface area contributed by atoms with Gasteiger partial charge in [0.1, 0.15) is 0 Å². The van der Waals surface area contributed by atoms with Gasteiger partial charge in [0, 0.05) is 23.6 Å². The third kappa shape index (κ3) is 3.56. The summed E-state index contributed by atoms with van der Waals surface area (Å²) in [6.07, 6.45) is 5.62. The van der Waals surface area contributed by atoms with Crippen LogP contribution >= 0.6 is 21.6 Å². The van der Waals surface area contributed by atoms with Crippen molar-refractivity contribution in [3.63, 3.8) is 0 Å². The molecule has 2 saturated heterocycles. The molecule has 0 spiro atoms. The molecule has 0 aliphatic carbocycles. The highest BCUT2D eigenvalue weighted by molar-refractivity contribution is 8.76. The molecule has 0 aromatic rings. The lowest BCUT2D eigenvalue weighted by Crippen LogP contribution is -2.27. The minimum atomic E-state index is 0.846. The first-order valence-electron chi connectivity index (χ1n) is 6.42. The van der Waals surface area contributed by atoms with Gasteiger partial charge in [0.15, 0.2) is 0 Å². The van der Waals surface area contributed by atoms with E-state index in [4.69, 9.17) is 0 Å². The zero-order valence-electron chi connectivity index (χ0n) is 10.5. The normalized spacial score (nSPS) is 32.6. The summed E-state index contributed by atoms with van der Waals surface area (Å²) in [5.74, 6) is 2.63. The molecule has 2 fully saturated rings. The van der Waals surface area contributed by atoms with Crippen LogP contribution in [0.25, 0.3) is 0 Å². The van der Waals surface area contributed by atoms with Crippen LogP contribution in [0.3, 0.4) is 0 Å². The molecule has 2 aliphatic heterocycles. The van der Waals surface area contributed by atoms with Crippen molar-refractivity contribution in [1.29, 1.82) is 0 Å². The van der Waals surface area contributed by atoms with Crippen LogP contribution < -0.4 is 0 Å². The van der Waals surface area contributed by atoms with Crippen LogP contribution in [0.2, 0.25) is 0 Å². The second-order valence-corrected chi connectivity index (χ2v) is 7.67. The zero-order valence-corrected chi connectivity index (χ0v) is 12.2. The molecule has 0 amide bonds. The summed E-state index contributed by atoms with van der Waals surface area (Å²) in [7, 11) is 8.73. The molecule has 94 valence electrons. The van der Waals surface area contributed by atoms with E-state index in [1.165, 1.54) is 50.3 Å². The molecule has 0 saturated carbocycles. The Bertz CT molecular complexity index is 191. The van der Waals surface area contributed by atoms with Crippen molar-refractivity contribution in [2.24, 2.45) is 0 Å². The number of hydrogen-bond donors (Lipinski definition) is 0. The van der Waals surface area contributed by atoms with E-state index in [1.807, 2.05) is 0 Å². The lowest BCUT2D eigenvalue weighted by molar-refractivity contribution is 0.334. The first kappa shape index (κ1) is 13.1. The van der Waals surface area contributed by atoms with Crippen LogP contribution in [0, 0.1) is 0 Å². The van der Waals surface area contributed by atoms with Gasteiger partial charge in [-0.3, -0.25) is 0 Å². The van der Waals surface area contributed by atoms with Crippen molar-refractivity contribution in [3.05, 3.63) is 0 Å². The van der Waals surface area contributed by atoms with Crippen LogP contribution in [0.4, 0.5) is 0 Å². The molecule has 0 aromatic heterocycles. The van der Waals surface area contributed by atoms with Gasteiger partial charge in [-0.25, -0.2) is 0 Å². The first-order valence-corrected chi connectivity index (χ1v) is 8.91. The Morgan fingerprint density at radius 1 is 0.875 bits per heavy atom. The maximum absolute atomic E-state index is 2.52. The average molecular weight is 260 g/mol. The average Bonchev–Trinajstić information content (AvgIpc) is 2.84. The van der Waals surface area contributed by atoms with Gasteiger partial charge < -0.3 is 9.80 Å². The molecule has 0 unspecified atom stereocenters. The minimum Gasteiger partial charge on any atom is -0.303 e. The lowest BCUT2D eigenvalue weighted by atomic mass is 10.2. The highest BCUT2D eigenvalue weighted by Crippen LogP contribution is 2.30. The highest BCUT2D eigenvalue weighted by Gasteiger charge is 2.22. The molecule has 0 N–H and O–H groups in total. The van der Waals surface area contributed by atoms with E-state index < -0.39 is 0 Å². The molecule has 0 bridgehead atoms. The Morgan fingerprint density at radius 3 is 1.62 bits per heavy atom. The number of nitrogens with zero attached hydrogens (tertiary/aromatic N) is 2. The van der Waals surface area contributed by atoms with Crippen LogP contribution in [-0.4, -0.2) is 60.6 Å². The molecular weight excluding hydrogens is 236 g/mol. The van der Waals surface area contributed by atoms with Crippen molar-refractivity contribution in [1.82, 2.24) is 9.80 Å². The third-order valence-corrected chi connectivity index (χ3v) is 6.47. The molecular formula is C12H24N2S2. The van der Waals surface area contributed by atoms with E-state index in [0.29, 0.717) is 0 Å². The largest absolute Gasteiger partial charge is 0.303 e. The summed E-state index contributed by atoms with van der Waals surface area (Å²) >= 11 is 0. The van der Waals surface area contributed by atoms with Gasteiger partial charge in [-0.05, 0) is 52.9 Å². The predicted octanol–water partition coefficient (Wildman–Crippen LogP) is 2.56. The third-order valence-electron chi connectivity index (χ3n) is 3.95. The Hall–Kier alpha value is 0.620. The van der Waals surface area contributed by atoms with Gasteiger partial charge in [0.25, 0.3) is 0 Å². The number of hydrogen-bond acceptors (Lipinski definition) is 4. The van der Waals surface area contributed by atoms with Gasteiger partial charge in [-0.15, -0.1) is 0 Å². The first-order chi connectivity index (χ1) is 7.77. The Balaban J connectivity index is 1.54. The second kappa shape index (κ2) is 6.53. The molecule has 2 atom stereocenters. The zero-order chi connectivity index (χ0) is 11.4. The van der Waals surface area contributed by atoms with E-state index in [1.54, 1.807) is 0 Å². The Labute approximate surface area is 108 Å². The summed E-state index contributed by atoms with van der Waals surface area (Å²) < 4.78 is 0. The standard InChI is InChI=1S/C12H24N2S2/c1-13-7-3-5-11(13)9-15-16-10-12-6-4-8-14(12)2/h11-12H,3-10H2,1-2H3/t11-,12-/m0/s1. The molecule has 16 heavy (non-hydrogen) atoms. The molecule has 4 heteroatoms. The van der Waals surface area contributed by atoms with E-state index in [-0.39, 0.29) is 0 Å². The summed E-state index contributed by atoms with van der Waals surface area (Å²) in [6, 6.07) is 1.69. The molecule has 2 aliphatic rings. The quantitative estimate of drug-likeness (QED) is 0.553. The van der Waals surface area contributed by atoms with Gasteiger partial charge in [-0.1, -0.05) is 21.6 Å². The van der Waals surface area contributed by atoms with Crippen LogP contribution in [-0.2, 0) is 0 Å². The van der Waals surface area contributed by atoms with Gasteiger partial charge >= 0.3 is 0 Å². The maximum Gasteiger partial charge on any atom is 0.0193 e. The number of likely N-dealkylation sites (tertiary alicyclic amines) is 2. The van der Waals surface area contributed by atoms with Crippen molar-refractivity contribution in [2.75, 3.05) is 38.7 Å². The fraction of sp³-hybridized carbons (Fsp3) is 1.00. The fourth-order valence-electron chi connectivity index (χ4n) is 2.63. The fourth-order valence-corrected chi connectivity index (χ4v) is 5.50. The molecule has 0 aromatic carbocycles. The van der Waals surface area contributed by atoms with E-state index in [2.05, 4.69) is 45.5 Å². The minimum absolute atomic E-state index is 0.846. The summed E-state index contributed by atoms with van der Waals surface area (Å²) in [5, 5.41) is 0. The molecule has 2 heterocycles. The van der Waals surface area contributed by atoms with Crippen LogP contribution in [0.5, 0.6) is 0 Å². The van der Waals surface area contributed by atoms with E-state index in [9.17, 15) is 0 Å². The lowest BCUT2D eigenvalue weighted by Gasteiger charge is -2.20. The second-order valence-electron chi connectivity index (χ2n) is 5.12. The SMILES string of the molecule is CN1CCC[C@H]1CSSC[C@@H]1CCCN1C. The Morgan fingerprint density at radius 2 is 1.31 bits per heavy atom. The smallest absolute Gasteiger partial charge is 0.0193 e. The predicted molar refractivity (Wildman–Crippen MR) is 76.2 cm³/mol. The van der Waals surface area contributed by atoms with Gasteiger partial charge in [-0.2, -0.15) is 0 Å². The monoisotopic (exact) mass is 260 g/mol. The van der Waals surface area contributed by atoms with Crippen LogP contribution in [0.1, 0.15) is 25.7 Å². The van der Waals surface area contributed by atoms with Crippen molar-refractivity contribution >= 4 is 21.6 Å². The Kier molecular flexibility index (Phi) is 5.33. The summed E-state index contributed by atoms with van der Waals surface area (Å²) in [4.78, 5) is 5.05. The van der Waals surface area contributed by atoms with E-state index in [0.717, 1.165) is 12.1 Å². The van der Waals surface area contributed by atoms with Crippen LogP contribution in [0.15, 0.2) is 0 Å². The van der Waals surface area contributed by atoms with Gasteiger partial charge in [0.2, 0.25) is 0 Å². The summed E-state index contributed by atoms with van der Waals surface area (Å²) in [5.41, 5.74) is 0. The summed E-state index contributed by atoms with van der Waals surface area (Å²) in [6.45, 7) is 2.61. The van der Waals surface area contributed by atoms with Crippen molar-refractivity contribution < 1.29 is 0 Å². The van der Waals surface area contributed by atoms with Crippen molar-refractivity contribution in [3.8, 4) is 0 Å².